The smallest absolute Gasteiger partial charge is 0.370 e. The fourth-order valence-corrected chi connectivity index (χ4v) is 1.78. The topological polar surface area (TPSA) is 92.9 Å². The third kappa shape index (κ3) is 5.39. The second-order valence-electron chi connectivity index (χ2n) is 3.66. The number of nitrogens with one attached hydrogen (secondary N) is 2. The van der Waals surface area contributed by atoms with Crippen molar-refractivity contribution >= 4 is 22.4 Å². The minimum Gasteiger partial charge on any atom is -0.370 e. The van der Waals surface area contributed by atoms with Crippen LogP contribution >= 0.6 is 0 Å². The van der Waals surface area contributed by atoms with Crippen molar-refractivity contribution in [2.45, 2.75) is 12.6 Å². The maximum atomic E-state index is 12.5. The molecule has 4 N–H and O–H groups in total. The Morgan fingerprint density at radius 1 is 1.37 bits per heavy atom. The molecule has 0 bridgehead atoms. The van der Waals surface area contributed by atoms with Gasteiger partial charge in [0.2, 0.25) is 5.82 Å². The molecule has 0 aromatic carbocycles. The number of anilines is 2. The first kappa shape index (κ1) is 15.6. The molecular formula is C9H14F3N5OS. The van der Waals surface area contributed by atoms with Crippen LogP contribution in [-0.2, 0) is 17.0 Å². The Bertz CT molecular complexity index is 454. The van der Waals surface area contributed by atoms with Crippen molar-refractivity contribution in [3.63, 3.8) is 0 Å². The number of alkyl halides is 3. The van der Waals surface area contributed by atoms with Crippen LogP contribution in [0.2, 0.25) is 0 Å². The first-order chi connectivity index (χ1) is 8.82. The van der Waals surface area contributed by atoms with Gasteiger partial charge in [-0.3, -0.25) is 4.21 Å². The molecule has 0 radical (unpaired) electrons. The molecule has 108 valence electrons. The molecule has 0 aliphatic heterocycles. The van der Waals surface area contributed by atoms with Crippen molar-refractivity contribution < 1.29 is 17.4 Å². The zero-order valence-electron chi connectivity index (χ0n) is 10.1. The van der Waals surface area contributed by atoms with Crippen LogP contribution in [0.4, 0.5) is 24.8 Å². The van der Waals surface area contributed by atoms with E-state index in [9.17, 15) is 17.4 Å². The summed E-state index contributed by atoms with van der Waals surface area (Å²) >= 11 is 0. The van der Waals surface area contributed by atoms with E-state index in [1.807, 2.05) is 5.43 Å². The van der Waals surface area contributed by atoms with Crippen LogP contribution in [-0.4, -0.2) is 32.7 Å². The summed E-state index contributed by atoms with van der Waals surface area (Å²) in [5.74, 6) is 4.12. The van der Waals surface area contributed by atoms with E-state index >= 15 is 0 Å². The van der Waals surface area contributed by atoms with Gasteiger partial charge >= 0.3 is 6.18 Å². The average Bonchev–Trinajstić information content (AvgIpc) is 2.33. The number of hydrogen-bond donors (Lipinski definition) is 3. The summed E-state index contributed by atoms with van der Waals surface area (Å²) in [6, 6.07) is 1.26. The Morgan fingerprint density at radius 3 is 2.53 bits per heavy atom. The van der Waals surface area contributed by atoms with Gasteiger partial charge < -0.3 is 10.7 Å². The van der Waals surface area contributed by atoms with Crippen molar-refractivity contribution in [2.24, 2.45) is 5.84 Å². The van der Waals surface area contributed by atoms with Gasteiger partial charge in [-0.15, -0.1) is 0 Å². The molecule has 0 spiro atoms. The van der Waals surface area contributed by atoms with Crippen molar-refractivity contribution in [1.29, 1.82) is 0 Å². The lowest BCUT2D eigenvalue weighted by atomic mass is 10.4. The molecule has 19 heavy (non-hydrogen) atoms. The van der Waals surface area contributed by atoms with E-state index in [1.54, 1.807) is 6.26 Å². The van der Waals surface area contributed by atoms with Crippen LogP contribution in [0.3, 0.4) is 0 Å². The van der Waals surface area contributed by atoms with Crippen LogP contribution in [0, 0.1) is 0 Å². The number of rotatable bonds is 6. The zero-order valence-corrected chi connectivity index (χ0v) is 10.9. The van der Waals surface area contributed by atoms with Crippen LogP contribution in [0.15, 0.2) is 6.07 Å². The molecule has 6 nitrogen and oxygen atoms in total. The Kier molecular flexibility index (Phi) is 5.48. The predicted molar refractivity (Wildman–Crippen MR) is 66.9 cm³/mol. The highest BCUT2D eigenvalue weighted by molar-refractivity contribution is 7.84. The molecule has 1 aromatic rings. The van der Waals surface area contributed by atoms with Gasteiger partial charge in [0.1, 0.15) is 11.6 Å². The predicted octanol–water partition coefficient (Wildman–Crippen LogP) is 0.962. The van der Waals surface area contributed by atoms with Gasteiger partial charge in [-0.1, -0.05) is 0 Å². The third-order valence-electron chi connectivity index (χ3n) is 2.04. The summed E-state index contributed by atoms with van der Waals surface area (Å²) in [5, 5.41) is 2.71. The summed E-state index contributed by atoms with van der Waals surface area (Å²) in [4.78, 5) is 6.57. The van der Waals surface area contributed by atoms with Gasteiger partial charge in [0, 0.05) is 35.4 Å². The molecule has 1 unspecified atom stereocenters. The molecule has 1 atom stereocenters. The molecular weight excluding hydrogens is 283 g/mol. The summed E-state index contributed by atoms with van der Waals surface area (Å²) < 4.78 is 48.4. The van der Waals surface area contributed by atoms with Crippen LogP contribution in [0.5, 0.6) is 0 Å². The van der Waals surface area contributed by atoms with Gasteiger partial charge in [0.15, 0.2) is 0 Å². The first-order valence-electron chi connectivity index (χ1n) is 5.29. The monoisotopic (exact) mass is 297 g/mol. The van der Waals surface area contributed by atoms with E-state index in [0.29, 0.717) is 18.7 Å². The lowest BCUT2D eigenvalue weighted by molar-refractivity contribution is -0.144. The SMILES string of the molecule is CS(=O)CCCNc1cc(NN)nc(C(F)(F)F)n1. The maximum absolute atomic E-state index is 12.5. The number of nitrogen functional groups attached to an aromatic ring is 1. The van der Waals surface area contributed by atoms with Crippen LogP contribution < -0.4 is 16.6 Å². The summed E-state index contributed by atoms with van der Waals surface area (Å²) in [6.07, 6.45) is -2.53. The number of aromatic nitrogens is 2. The quantitative estimate of drug-likeness (QED) is 0.411. The van der Waals surface area contributed by atoms with E-state index in [-0.39, 0.29) is 11.6 Å². The van der Waals surface area contributed by atoms with Gasteiger partial charge in [0.05, 0.1) is 0 Å². The number of nitrogens with two attached hydrogens (primary N) is 1. The summed E-state index contributed by atoms with van der Waals surface area (Å²) in [5.41, 5.74) is 2.05. The van der Waals surface area contributed by atoms with E-state index in [4.69, 9.17) is 5.84 Å². The van der Waals surface area contributed by atoms with Gasteiger partial charge in [-0.2, -0.15) is 13.2 Å². The van der Waals surface area contributed by atoms with Crippen molar-refractivity contribution in [1.82, 2.24) is 9.97 Å². The number of hydrogen-bond acceptors (Lipinski definition) is 6. The standard InChI is InChI=1S/C9H14F3N5OS/c1-19(18)4-2-3-14-6-5-7(17-13)16-8(15-6)9(10,11)12/h5H,2-4,13H2,1H3,(H2,14,15,16,17). The van der Waals surface area contributed by atoms with Crippen LogP contribution in [0.25, 0.3) is 0 Å². The molecule has 0 amide bonds. The molecule has 0 saturated carbocycles. The highest BCUT2D eigenvalue weighted by Gasteiger charge is 2.35. The number of hydrazine groups is 1. The minimum atomic E-state index is -4.64. The van der Waals surface area contributed by atoms with Crippen molar-refractivity contribution in [3.05, 3.63) is 11.9 Å². The largest absolute Gasteiger partial charge is 0.451 e. The lowest BCUT2D eigenvalue weighted by Crippen LogP contribution is -2.17. The van der Waals surface area contributed by atoms with E-state index in [2.05, 4.69) is 15.3 Å². The zero-order chi connectivity index (χ0) is 14.5. The summed E-state index contributed by atoms with van der Waals surface area (Å²) in [7, 11) is -0.933. The second-order valence-corrected chi connectivity index (χ2v) is 5.22. The second kappa shape index (κ2) is 6.66. The third-order valence-corrected chi connectivity index (χ3v) is 2.91. The molecule has 0 aliphatic rings. The molecule has 10 heteroatoms. The molecule has 0 fully saturated rings. The fraction of sp³-hybridized carbons (Fsp3) is 0.556. The fourth-order valence-electron chi connectivity index (χ4n) is 1.23. The normalized spacial score (nSPS) is 13.1. The highest BCUT2D eigenvalue weighted by atomic mass is 32.2. The van der Waals surface area contributed by atoms with Gasteiger partial charge in [-0.05, 0) is 6.42 Å². The minimum absolute atomic E-state index is 0.0113. The lowest BCUT2D eigenvalue weighted by Gasteiger charge is -2.11. The Morgan fingerprint density at radius 2 is 2.00 bits per heavy atom. The Labute approximate surface area is 110 Å². The van der Waals surface area contributed by atoms with E-state index in [1.165, 1.54) is 6.07 Å². The molecule has 0 saturated heterocycles. The van der Waals surface area contributed by atoms with Gasteiger partial charge in [-0.25, -0.2) is 15.8 Å². The Balaban J connectivity index is 2.74. The highest BCUT2D eigenvalue weighted by Crippen LogP contribution is 2.28. The molecule has 1 rings (SSSR count). The molecule has 1 heterocycles. The first-order valence-corrected chi connectivity index (χ1v) is 7.02. The van der Waals surface area contributed by atoms with Crippen molar-refractivity contribution in [3.8, 4) is 0 Å². The van der Waals surface area contributed by atoms with Crippen LogP contribution in [0.1, 0.15) is 12.2 Å². The number of halogens is 3. The van der Waals surface area contributed by atoms with E-state index < -0.39 is 22.8 Å². The van der Waals surface area contributed by atoms with Crippen molar-refractivity contribution in [2.75, 3.05) is 29.3 Å². The summed E-state index contributed by atoms with van der Waals surface area (Å²) in [6.45, 7) is 0.359. The molecule has 0 aliphatic carbocycles. The Hall–Kier alpha value is -1.42. The number of nitrogens with zero attached hydrogens (tertiary/aromatic N) is 2. The van der Waals surface area contributed by atoms with Gasteiger partial charge in [0.25, 0.3) is 0 Å². The maximum Gasteiger partial charge on any atom is 0.451 e. The van der Waals surface area contributed by atoms with E-state index in [0.717, 1.165) is 0 Å². The average molecular weight is 297 g/mol. The molecule has 1 aromatic heterocycles.